The molecule has 0 unspecified atom stereocenters. The van der Waals surface area contributed by atoms with Gasteiger partial charge in [0.15, 0.2) is 11.5 Å². The van der Waals surface area contributed by atoms with Crippen LogP contribution >= 0.6 is 0 Å². The molecule has 2 aromatic carbocycles. The van der Waals surface area contributed by atoms with Crippen LogP contribution in [-0.4, -0.2) is 12.7 Å². The maximum absolute atomic E-state index is 12.5. The molecule has 0 saturated carbocycles. The van der Waals surface area contributed by atoms with Crippen LogP contribution in [0, 0.1) is 25.2 Å². The number of rotatable bonds is 4. The van der Waals surface area contributed by atoms with Gasteiger partial charge in [0.1, 0.15) is 11.6 Å². The second-order valence-corrected chi connectivity index (χ2v) is 6.32. The number of nitrogens with one attached hydrogen (secondary N) is 1. The molecule has 1 aliphatic heterocycles. The third-order valence-electron chi connectivity index (χ3n) is 4.45. The second-order valence-electron chi connectivity index (χ2n) is 6.32. The Kier molecular flexibility index (Phi) is 4.94. The molecule has 1 heterocycles. The molecule has 0 saturated heterocycles. The van der Waals surface area contributed by atoms with Crippen LogP contribution in [0.2, 0.25) is 0 Å². The van der Waals surface area contributed by atoms with Crippen molar-refractivity contribution < 1.29 is 14.3 Å². The molecule has 132 valence electrons. The molecular formula is C21H20N2O3. The molecule has 0 radical (unpaired) electrons. The smallest absolute Gasteiger partial charge is 0.262 e. The highest BCUT2D eigenvalue weighted by Crippen LogP contribution is 2.33. The largest absolute Gasteiger partial charge is 0.454 e. The van der Waals surface area contributed by atoms with Crippen molar-refractivity contribution in [1.29, 1.82) is 5.26 Å². The Bertz CT molecular complexity index is 925. The fourth-order valence-electron chi connectivity index (χ4n) is 2.71. The minimum absolute atomic E-state index is 0.0412. The Labute approximate surface area is 152 Å². The van der Waals surface area contributed by atoms with E-state index in [1.807, 2.05) is 45.0 Å². The standard InChI is InChI=1S/C21H20N2O3/c1-13-4-6-17(8-14(13)2)15(3)23-21(24)18(11-22)9-16-5-7-19-20(10-16)26-12-25-19/h4-10,15H,12H2,1-3H3,(H,23,24)/b18-9-/t15-/m0/s1. The summed E-state index contributed by atoms with van der Waals surface area (Å²) in [5.41, 5.74) is 4.12. The lowest BCUT2D eigenvalue weighted by molar-refractivity contribution is -0.117. The molecule has 5 heteroatoms. The van der Waals surface area contributed by atoms with E-state index in [9.17, 15) is 10.1 Å². The molecule has 0 fully saturated rings. The number of benzene rings is 2. The summed E-state index contributed by atoms with van der Waals surface area (Å²) in [6.07, 6.45) is 1.55. The predicted molar refractivity (Wildman–Crippen MR) is 98.6 cm³/mol. The SMILES string of the molecule is Cc1ccc([C@H](C)NC(=O)/C(C#N)=C\c2ccc3c(c2)OCO3)cc1C. The number of aryl methyl sites for hydroxylation is 2. The van der Waals surface area contributed by atoms with E-state index in [2.05, 4.69) is 5.32 Å². The summed E-state index contributed by atoms with van der Waals surface area (Å²) in [5.74, 6) is 0.865. The number of carbonyl (C=O) groups is 1. The zero-order valence-electron chi connectivity index (χ0n) is 15.0. The molecule has 1 N–H and O–H groups in total. The minimum Gasteiger partial charge on any atom is -0.454 e. The average molecular weight is 348 g/mol. The summed E-state index contributed by atoms with van der Waals surface area (Å²) in [7, 11) is 0. The Balaban J connectivity index is 1.76. The van der Waals surface area contributed by atoms with Crippen LogP contribution in [0.25, 0.3) is 6.08 Å². The Morgan fingerprint density at radius 3 is 2.65 bits per heavy atom. The van der Waals surface area contributed by atoms with Gasteiger partial charge in [-0.15, -0.1) is 0 Å². The maximum Gasteiger partial charge on any atom is 0.262 e. The van der Waals surface area contributed by atoms with E-state index in [1.165, 1.54) is 11.1 Å². The summed E-state index contributed by atoms with van der Waals surface area (Å²) in [4.78, 5) is 12.5. The van der Waals surface area contributed by atoms with E-state index in [0.717, 1.165) is 5.56 Å². The predicted octanol–water partition coefficient (Wildman–Crippen LogP) is 3.82. The van der Waals surface area contributed by atoms with Crippen molar-refractivity contribution in [3.8, 4) is 17.6 Å². The van der Waals surface area contributed by atoms with Crippen molar-refractivity contribution in [1.82, 2.24) is 5.32 Å². The minimum atomic E-state index is -0.407. The lowest BCUT2D eigenvalue weighted by Gasteiger charge is -2.15. The van der Waals surface area contributed by atoms with Crippen LogP contribution in [0.5, 0.6) is 11.5 Å². The number of ether oxygens (including phenoxy) is 2. The van der Waals surface area contributed by atoms with Gasteiger partial charge in [0.2, 0.25) is 6.79 Å². The van der Waals surface area contributed by atoms with Crippen LogP contribution in [-0.2, 0) is 4.79 Å². The van der Waals surface area contributed by atoms with E-state index in [1.54, 1.807) is 24.3 Å². The van der Waals surface area contributed by atoms with Crippen molar-refractivity contribution >= 4 is 12.0 Å². The average Bonchev–Trinajstić information content (AvgIpc) is 3.09. The summed E-state index contributed by atoms with van der Waals surface area (Å²) in [6.45, 7) is 6.16. The number of hydrogen-bond donors (Lipinski definition) is 1. The Hall–Kier alpha value is -3.26. The zero-order valence-corrected chi connectivity index (χ0v) is 15.0. The second kappa shape index (κ2) is 7.32. The molecule has 2 aromatic rings. The van der Waals surface area contributed by atoms with E-state index in [-0.39, 0.29) is 18.4 Å². The van der Waals surface area contributed by atoms with Gasteiger partial charge in [0, 0.05) is 0 Å². The fourth-order valence-corrected chi connectivity index (χ4v) is 2.71. The molecule has 5 nitrogen and oxygen atoms in total. The molecule has 1 aliphatic rings. The Morgan fingerprint density at radius 2 is 1.92 bits per heavy atom. The highest BCUT2D eigenvalue weighted by Gasteiger charge is 2.16. The molecule has 1 atom stereocenters. The normalized spacial score (nSPS) is 13.8. The molecule has 26 heavy (non-hydrogen) atoms. The molecule has 1 amide bonds. The third-order valence-corrected chi connectivity index (χ3v) is 4.45. The highest BCUT2D eigenvalue weighted by atomic mass is 16.7. The summed E-state index contributed by atoms with van der Waals surface area (Å²) >= 11 is 0. The first kappa shape index (κ1) is 17.6. The van der Waals surface area contributed by atoms with Crippen molar-refractivity contribution in [2.45, 2.75) is 26.8 Å². The van der Waals surface area contributed by atoms with Crippen molar-refractivity contribution in [2.24, 2.45) is 0 Å². The van der Waals surface area contributed by atoms with Crippen LogP contribution in [0.3, 0.4) is 0 Å². The van der Waals surface area contributed by atoms with Gasteiger partial charge in [-0.25, -0.2) is 0 Å². The van der Waals surface area contributed by atoms with Crippen LogP contribution in [0.1, 0.15) is 35.2 Å². The first-order chi connectivity index (χ1) is 12.5. The van der Waals surface area contributed by atoms with Gasteiger partial charge in [0.05, 0.1) is 6.04 Å². The van der Waals surface area contributed by atoms with E-state index < -0.39 is 5.91 Å². The summed E-state index contributed by atoms with van der Waals surface area (Å²) in [5, 5.41) is 12.3. The molecule has 3 rings (SSSR count). The van der Waals surface area contributed by atoms with Crippen molar-refractivity contribution in [3.05, 3.63) is 64.2 Å². The number of nitriles is 1. The zero-order chi connectivity index (χ0) is 18.7. The van der Waals surface area contributed by atoms with Crippen LogP contribution in [0.4, 0.5) is 0 Å². The third kappa shape index (κ3) is 3.70. The lowest BCUT2D eigenvalue weighted by Crippen LogP contribution is -2.27. The number of hydrogen-bond acceptors (Lipinski definition) is 4. The number of amides is 1. The van der Waals surface area contributed by atoms with Crippen molar-refractivity contribution in [3.63, 3.8) is 0 Å². The van der Waals surface area contributed by atoms with Gasteiger partial charge < -0.3 is 14.8 Å². The summed E-state index contributed by atoms with van der Waals surface area (Å²) in [6, 6.07) is 13.1. The lowest BCUT2D eigenvalue weighted by atomic mass is 10.0. The van der Waals surface area contributed by atoms with Gasteiger partial charge in [-0.3, -0.25) is 4.79 Å². The van der Waals surface area contributed by atoms with E-state index >= 15 is 0 Å². The van der Waals surface area contributed by atoms with Gasteiger partial charge in [0.25, 0.3) is 5.91 Å². The van der Waals surface area contributed by atoms with Gasteiger partial charge >= 0.3 is 0 Å². The van der Waals surface area contributed by atoms with Gasteiger partial charge in [-0.05, 0) is 61.2 Å². The quantitative estimate of drug-likeness (QED) is 0.673. The molecular weight excluding hydrogens is 328 g/mol. The first-order valence-electron chi connectivity index (χ1n) is 8.37. The molecule has 0 aliphatic carbocycles. The molecule has 0 aromatic heterocycles. The topological polar surface area (TPSA) is 71.4 Å². The van der Waals surface area contributed by atoms with Crippen LogP contribution < -0.4 is 14.8 Å². The van der Waals surface area contributed by atoms with E-state index in [0.29, 0.717) is 17.1 Å². The summed E-state index contributed by atoms with van der Waals surface area (Å²) < 4.78 is 10.6. The number of nitrogens with zero attached hydrogens (tertiary/aromatic N) is 1. The van der Waals surface area contributed by atoms with Crippen LogP contribution in [0.15, 0.2) is 42.0 Å². The highest BCUT2D eigenvalue weighted by molar-refractivity contribution is 6.01. The molecule has 0 bridgehead atoms. The maximum atomic E-state index is 12.5. The molecule has 0 spiro atoms. The number of carbonyl (C=O) groups excluding carboxylic acids is 1. The van der Waals surface area contributed by atoms with E-state index in [4.69, 9.17) is 9.47 Å². The monoisotopic (exact) mass is 348 g/mol. The van der Waals surface area contributed by atoms with Gasteiger partial charge in [-0.2, -0.15) is 5.26 Å². The van der Waals surface area contributed by atoms with Crippen molar-refractivity contribution in [2.75, 3.05) is 6.79 Å². The fraction of sp³-hybridized carbons (Fsp3) is 0.238. The first-order valence-corrected chi connectivity index (χ1v) is 8.37. The number of fused-ring (bicyclic) bond motifs is 1. The van der Waals surface area contributed by atoms with Gasteiger partial charge in [-0.1, -0.05) is 24.3 Å². The Morgan fingerprint density at radius 1 is 1.15 bits per heavy atom.